The first-order valence-corrected chi connectivity index (χ1v) is 6.12. The third-order valence-electron chi connectivity index (χ3n) is 2.52. The van der Waals surface area contributed by atoms with Crippen LogP contribution in [-0.2, 0) is 20.7 Å². The van der Waals surface area contributed by atoms with Gasteiger partial charge >= 0.3 is 11.9 Å². The number of carbonyl (C=O) groups is 2. The molecule has 0 heterocycles. The number of hydrogen-bond acceptors (Lipinski definition) is 4. The second kappa shape index (κ2) is 5.87. The van der Waals surface area contributed by atoms with Crippen molar-refractivity contribution in [2.45, 2.75) is 39.7 Å². The summed E-state index contributed by atoms with van der Waals surface area (Å²) in [5.74, 6) is -0.659. The second-order valence-electron chi connectivity index (χ2n) is 5.40. The van der Waals surface area contributed by atoms with Gasteiger partial charge in [-0.3, -0.25) is 4.79 Å². The topological polar surface area (TPSA) is 52.6 Å². The van der Waals surface area contributed by atoms with E-state index in [1.165, 1.54) is 7.11 Å². The van der Waals surface area contributed by atoms with Crippen LogP contribution in [0, 0.1) is 6.92 Å². The Morgan fingerprint density at radius 1 is 1.21 bits per heavy atom. The van der Waals surface area contributed by atoms with Crippen LogP contribution in [0.1, 0.15) is 42.3 Å². The standard InChI is InChI=1S/C15H20O4/c1-10-8-12(14(17)18-5)7-6-11(10)9-13(16)19-15(2,3)4/h6-8H,9H2,1-5H3. The molecule has 4 nitrogen and oxygen atoms in total. The number of aryl methyl sites for hydroxylation is 1. The van der Waals surface area contributed by atoms with E-state index in [2.05, 4.69) is 4.74 Å². The number of methoxy groups -OCH3 is 1. The molecule has 4 heteroatoms. The summed E-state index contributed by atoms with van der Waals surface area (Å²) in [4.78, 5) is 23.1. The SMILES string of the molecule is COC(=O)c1ccc(CC(=O)OC(C)(C)C)c(C)c1. The number of benzene rings is 1. The van der Waals surface area contributed by atoms with Crippen LogP contribution in [0.5, 0.6) is 0 Å². The van der Waals surface area contributed by atoms with Gasteiger partial charge in [0, 0.05) is 0 Å². The van der Waals surface area contributed by atoms with Crippen LogP contribution in [0.4, 0.5) is 0 Å². The first-order valence-electron chi connectivity index (χ1n) is 6.12. The fourth-order valence-electron chi connectivity index (χ4n) is 1.67. The van der Waals surface area contributed by atoms with E-state index >= 15 is 0 Å². The first kappa shape index (κ1) is 15.2. The maximum Gasteiger partial charge on any atom is 0.337 e. The number of rotatable bonds is 3. The predicted octanol–water partition coefficient (Wildman–Crippen LogP) is 2.67. The van der Waals surface area contributed by atoms with Gasteiger partial charge in [-0.1, -0.05) is 6.07 Å². The zero-order valence-electron chi connectivity index (χ0n) is 12.1. The summed E-state index contributed by atoms with van der Waals surface area (Å²) in [6, 6.07) is 5.12. The van der Waals surface area contributed by atoms with Gasteiger partial charge in [0.25, 0.3) is 0 Å². The zero-order chi connectivity index (χ0) is 14.6. The molecule has 0 spiro atoms. The highest BCUT2D eigenvalue weighted by atomic mass is 16.6. The lowest BCUT2D eigenvalue weighted by Crippen LogP contribution is -2.25. The van der Waals surface area contributed by atoms with E-state index in [0.717, 1.165) is 11.1 Å². The molecule has 1 aromatic carbocycles. The molecule has 0 radical (unpaired) electrons. The van der Waals surface area contributed by atoms with Crippen molar-refractivity contribution >= 4 is 11.9 Å². The van der Waals surface area contributed by atoms with Gasteiger partial charge < -0.3 is 9.47 Å². The molecule has 0 fully saturated rings. The highest BCUT2D eigenvalue weighted by Gasteiger charge is 2.17. The molecule has 0 atom stereocenters. The molecule has 19 heavy (non-hydrogen) atoms. The minimum atomic E-state index is -0.489. The smallest absolute Gasteiger partial charge is 0.337 e. The van der Waals surface area contributed by atoms with Crippen molar-refractivity contribution in [1.29, 1.82) is 0 Å². The Hall–Kier alpha value is -1.84. The Balaban J connectivity index is 2.81. The first-order chi connectivity index (χ1) is 8.73. The summed E-state index contributed by atoms with van der Waals surface area (Å²) in [6.07, 6.45) is 0.199. The largest absolute Gasteiger partial charge is 0.465 e. The predicted molar refractivity (Wildman–Crippen MR) is 72.1 cm³/mol. The fraction of sp³-hybridized carbons (Fsp3) is 0.467. The number of esters is 2. The van der Waals surface area contributed by atoms with Crippen molar-refractivity contribution in [1.82, 2.24) is 0 Å². The summed E-state index contributed by atoms with van der Waals surface area (Å²) in [5, 5.41) is 0. The van der Waals surface area contributed by atoms with Crippen molar-refractivity contribution in [3.63, 3.8) is 0 Å². The van der Waals surface area contributed by atoms with Gasteiger partial charge in [-0.25, -0.2) is 4.79 Å². The summed E-state index contributed by atoms with van der Waals surface area (Å²) < 4.78 is 9.91. The van der Waals surface area contributed by atoms with Gasteiger partial charge in [0.15, 0.2) is 0 Å². The van der Waals surface area contributed by atoms with Crippen LogP contribution >= 0.6 is 0 Å². The molecular weight excluding hydrogens is 244 g/mol. The number of ether oxygens (including phenoxy) is 2. The normalized spacial score (nSPS) is 11.0. The van der Waals surface area contributed by atoms with Crippen LogP contribution in [0.3, 0.4) is 0 Å². The maximum absolute atomic E-state index is 11.7. The Kier molecular flexibility index (Phi) is 4.70. The molecule has 0 aliphatic rings. The van der Waals surface area contributed by atoms with Crippen molar-refractivity contribution in [3.05, 3.63) is 34.9 Å². The van der Waals surface area contributed by atoms with E-state index in [1.807, 2.05) is 27.7 Å². The maximum atomic E-state index is 11.7. The highest BCUT2D eigenvalue weighted by molar-refractivity contribution is 5.89. The summed E-state index contributed by atoms with van der Waals surface area (Å²) >= 11 is 0. The van der Waals surface area contributed by atoms with Crippen molar-refractivity contribution < 1.29 is 19.1 Å². The summed E-state index contributed by atoms with van der Waals surface area (Å²) in [5.41, 5.74) is 1.71. The number of hydrogen-bond donors (Lipinski definition) is 0. The van der Waals surface area contributed by atoms with Crippen LogP contribution in [0.2, 0.25) is 0 Å². The van der Waals surface area contributed by atoms with Gasteiger partial charge in [-0.2, -0.15) is 0 Å². The zero-order valence-corrected chi connectivity index (χ0v) is 12.1. The van der Waals surface area contributed by atoms with Crippen LogP contribution in [-0.4, -0.2) is 24.6 Å². The van der Waals surface area contributed by atoms with E-state index in [9.17, 15) is 9.59 Å². The molecule has 0 N–H and O–H groups in total. The molecule has 0 amide bonds. The Morgan fingerprint density at radius 2 is 1.84 bits per heavy atom. The molecule has 0 aliphatic heterocycles. The monoisotopic (exact) mass is 264 g/mol. The highest BCUT2D eigenvalue weighted by Crippen LogP contribution is 2.15. The minimum absolute atomic E-state index is 0.199. The van der Waals surface area contributed by atoms with Crippen molar-refractivity contribution in [2.24, 2.45) is 0 Å². The quantitative estimate of drug-likeness (QED) is 0.788. The number of carbonyl (C=O) groups excluding carboxylic acids is 2. The third kappa shape index (κ3) is 4.73. The van der Waals surface area contributed by atoms with Gasteiger partial charge in [0.05, 0.1) is 19.1 Å². The van der Waals surface area contributed by atoms with Crippen LogP contribution in [0.15, 0.2) is 18.2 Å². The molecule has 1 rings (SSSR count). The molecule has 0 aliphatic carbocycles. The summed E-state index contributed by atoms with van der Waals surface area (Å²) in [7, 11) is 1.34. The minimum Gasteiger partial charge on any atom is -0.465 e. The van der Waals surface area contributed by atoms with E-state index in [4.69, 9.17) is 4.74 Å². The molecular formula is C15H20O4. The van der Waals surface area contributed by atoms with Crippen molar-refractivity contribution in [3.8, 4) is 0 Å². The van der Waals surface area contributed by atoms with E-state index in [1.54, 1.807) is 18.2 Å². The van der Waals surface area contributed by atoms with Gasteiger partial charge in [-0.05, 0) is 51.0 Å². The lowest BCUT2D eigenvalue weighted by molar-refractivity contribution is -0.153. The fourth-order valence-corrected chi connectivity index (χ4v) is 1.67. The van der Waals surface area contributed by atoms with Crippen molar-refractivity contribution in [2.75, 3.05) is 7.11 Å². The average molecular weight is 264 g/mol. The van der Waals surface area contributed by atoms with Gasteiger partial charge in [0.2, 0.25) is 0 Å². The summed E-state index contributed by atoms with van der Waals surface area (Å²) in [6.45, 7) is 7.35. The molecule has 0 unspecified atom stereocenters. The Bertz CT molecular complexity index is 483. The lowest BCUT2D eigenvalue weighted by atomic mass is 10.0. The van der Waals surface area contributed by atoms with Crippen LogP contribution < -0.4 is 0 Å². The molecule has 104 valence electrons. The molecule has 0 saturated carbocycles. The van der Waals surface area contributed by atoms with E-state index < -0.39 is 5.60 Å². The molecule has 0 aromatic heterocycles. The molecule has 0 saturated heterocycles. The Morgan fingerprint density at radius 3 is 2.32 bits per heavy atom. The molecule has 1 aromatic rings. The Labute approximate surface area is 113 Å². The van der Waals surface area contributed by atoms with E-state index in [-0.39, 0.29) is 18.4 Å². The lowest BCUT2D eigenvalue weighted by Gasteiger charge is -2.19. The third-order valence-corrected chi connectivity index (χ3v) is 2.52. The van der Waals surface area contributed by atoms with Crippen LogP contribution in [0.25, 0.3) is 0 Å². The second-order valence-corrected chi connectivity index (χ2v) is 5.40. The average Bonchev–Trinajstić information content (AvgIpc) is 2.28. The van der Waals surface area contributed by atoms with E-state index in [0.29, 0.717) is 5.56 Å². The van der Waals surface area contributed by atoms with Gasteiger partial charge in [-0.15, -0.1) is 0 Å². The van der Waals surface area contributed by atoms with Gasteiger partial charge in [0.1, 0.15) is 5.60 Å². The molecule has 0 bridgehead atoms.